The van der Waals surface area contributed by atoms with Crippen molar-refractivity contribution in [3.8, 4) is 0 Å². The lowest BCUT2D eigenvalue weighted by atomic mass is 10.1. The minimum atomic E-state index is -0.261. The van der Waals surface area contributed by atoms with Gasteiger partial charge in [0.15, 0.2) is 0 Å². The number of ether oxygens (including phenoxy) is 1. The predicted molar refractivity (Wildman–Crippen MR) is 76.2 cm³/mol. The summed E-state index contributed by atoms with van der Waals surface area (Å²) in [5.74, 6) is -0.261. The summed E-state index contributed by atoms with van der Waals surface area (Å²) in [5.41, 5.74) is 2.91. The standard InChI is InChI=1S/C17H18O2/c1-13-8-10-16(11-9-13)17(18)19-14(2)12-15-6-4-3-5-7-15/h3-11,14H,12H2,1-2H3. The van der Waals surface area contributed by atoms with Crippen LogP contribution in [0.3, 0.4) is 0 Å². The number of hydrogen-bond acceptors (Lipinski definition) is 2. The molecule has 0 aromatic heterocycles. The SMILES string of the molecule is Cc1ccc(C(=O)OC(C)Cc2ccccc2)cc1. The van der Waals surface area contributed by atoms with Gasteiger partial charge in [0, 0.05) is 6.42 Å². The highest BCUT2D eigenvalue weighted by Gasteiger charge is 2.12. The van der Waals surface area contributed by atoms with Crippen LogP contribution in [0.5, 0.6) is 0 Å². The summed E-state index contributed by atoms with van der Waals surface area (Å²) < 4.78 is 5.44. The maximum absolute atomic E-state index is 11.9. The Morgan fingerprint density at radius 1 is 1.05 bits per heavy atom. The van der Waals surface area contributed by atoms with Gasteiger partial charge >= 0.3 is 5.97 Å². The molecule has 0 radical (unpaired) electrons. The first-order valence-electron chi connectivity index (χ1n) is 6.47. The van der Waals surface area contributed by atoms with Crippen molar-refractivity contribution in [2.24, 2.45) is 0 Å². The lowest BCUT2D eigenvalue weighted by molar-refractivity contribution is 0.0343. The molecule has 98 valence electrons. The summed E-state index contributed by atoms with van der Waals surface area (Å²) in [6.07, 6.45) is 0.606. The van der Waals surface area contributed by atoms with Gasteiger partial charge in [-0.05, 0) is 31.5 Å². The molecule has 0 aliphatic carbocycles. The number of hydrogen-bond donors (Lipinski definition) is 0. The molecular weight excluding hydrogens is 236 g/mol. The first-order valence-corrected chi connectivity index (χ1v) is 6.47. The summed E-state index contributed by atoms with van der Waals surface area (Å²) in [6.45, 7) is 3.91. The Bertz CT molecular complexity index is 529. The third-order valence-corrected chi connectivity index (χ3v) is 2.96. The van der Waals surface area contributed by atoms with E-state index < -0.39 is 0 Å². The van der Waals surface area contributed by atoms with Gasteiger partial charge in [0.2, 0.25) is 0 Å². The fraction of sp³-hybridized carbons (Fsp3) is 0.235. The van der Waals surface area contributed by atoms with E-state index in [1.54, 1.807) is 12.1 Å². The van der Waals surface area contributed by atoms with Crippen molar-refractivity contribution in [1.29, 1.82) is 0 Å². The molecule has 19 heavy (non-hydrogen) atoms. The molecule has 1 unspecified atom stereocenters. The molecule has 2 nitrogen and oxygen atoms in total. The van der Waals surface area contributed by atoms with Crippen molar-refractivity contribution < 1.29 is 9.53 Å². The summed E-state index contributed by atoms with van der Waals surface area (Å²) >= 11 is 0. The van der Waals surface area contributed by atoms with Crippen LogP contribution in [0.4, 0.5) is 0 Å². The normalized spacial score (nSPS) is 11.9. The summed E-state index contributed by atoms with van der Waals surface area (Å²) in [5, 5.41) is 0. The molecule has 1 atom stereocenters. The van der Waals surface area contributed by atoms with Crippen molar-refractivity contribution in [1.82, 2.24) is 0 Å². The van der Waals surface area contributed by atoms with Gasteiger partial charge in [-0.1, -0.05) is 48.0 Å². The Balaban J connectivity index is 1.93. The first-order chi connectivity index (χ1) is 9.15. The third-order valence-electron chi connectivity index (χ3n) is 2.96. The average Bonchev–Trinajstić information content (AvgIpc) is 2.40. The highest BCUT2D eigenvalue weighted by Crippen LogP contribution is 2.10. The molecule has 0 saturated heterocycles. The second-order valence-electron chi connectivity index (χ2n) is 4.77. The van der Waals surface area contributed by atoms with Crippen LogP contribution in [-0.4, -0.2) is 12.1 Å². The van der Waals surface area contributed by atoms with Gasteiger partial charge in [-0.2, -0.15) is 0 Å². The van der Waals surface area contributed by atoms with Gasteiger partial charge in [0.25, 0.3) is 0 Å². The van der Waals surface area contributed by atoms with Gasteiger partial charge in [-0.25, -0.2) is 4.79 Å². The zero-order valence-corrected chi connectivity index (χ0v) is 11.3. The quantitative estimate of drug-likeness (QED) is 0.776. The summed E-state index contributed by atoms with van der Waals surface area (Å²) in [6, 6.07) is 17.5. The van der Waals surface area contributed by atoms with E-state index in [9.17, 15) is 4.79 Å². The van der Waals surface area contributed by atoms with E-state index in [0.29, 0.717) is 5.56 Å². The van der Waals surface area contributed by atoms with Crippen LogP contribution in [-0.2, 0) is 11.2 Å². The highest BCUT2D eigenvalue weighted by molar-refractivity contribution is 5.89. The molecule has 0 fully saturated rings. The molecule has 0 bridgehead atoms. The topological polar surface area (TPSA) is 26.3 Å². The molecule has 0 saturated carbocycles. The Morgan fingerprint density at radius 2 is 1.68 bits per heavy atom. The van der Waals surface area contributed by atoms with E-state index >= 15 is 0 Å². The number of benzene rings is 2. The summed E-state index contributed by atoms with van der Waals surface area (Å²) in [7, 11) is 0. The molecule has 2 aromatic rings. The van der Waals surface area contributed by atoms with Crippen LogP contribution in [0.2, 0.25) is 0 Å². The number of rotatable bonds is 4. The van der Waals surface area contributed by atoms with Crippen molar-refractivity contribution in [2.75, 3.05) is 0 Å². The monoisotopic (exact) mass is 254 g/mol. The third kappa shape index (κ3) is 3.95. The Hall–Kier alpha value is -2.09. The predicted octanol–water partition coefficient (Wildman–Crippen LogP) is 3.78. The molecule has 0 heterocycles. The zero-order valence-electron chi connectivity index (χ0n) is 11.3. The molecule has 0 aliphatic heterocycles. The maximum atomic E-state index is 11.9. The smallest absolute Gasteiger partial charge is 0.338 e. The lowest BCUT2D eigenvalue weighted by Gasteiger charge is -2.13. The van der Waals surface area contributed by atoms with Crippen molar-refractivity contribution >= 4 is 5.97 Å². The van der Waals surface area contributed by atoms with Crippen molar-refractivity contribution in [3.05, 3.63) is 71.3 Å². The molecule has 2 rings (SSSR count). The van der Waals surface area contributed by atoms with E-state index in [2.05, 4.69) is 0 Å². The van der Waals surface area contributed by atoms with Gasteiger partial charge in [-0.15, -0.1) is 0 Å². The Morgan fingerprint density at radius 3 is 2.32 bits per heavy atom. The number of esters is 1. The molecule has 2 aromatic carbocycles. The highest BCUT2D eigenvalue weighted by atomic mass is 16.5. The van der Waals surface area contributed by atoms with Gasteiger partial charge in [0.1, 0.15) is 6.10 Å². The zero-order chi connectivity index (χ0) is 13.7. The number of carbonyl (C=O) groups is 1. The van der Waals surface area contributed by atoms with Crippen LogP contribution >= 0.6 is 0 Å². The van der Waals surface area contributed by atoms with E-state index in [1.807, 2.05) is 56.3 Å². The fourth-order valence-electron chi connectivity index (χ4n) is 1.93. The first kappa shape index (κ1) is 13.3. The Kier molecular flexibility index (Phi) is 4.35. The molecular formula is C17H18O2. The van der Waals surface area contributed by atoms with E-state index in [-0.39, 0.29) is 12.1 Å². The molecule has 0 amide bonds. The number of aryl methyl sites for hydroxylation is 1. The fourth-order valence-corrected chi connectivity index (χ4v) is 1.93. The van der Waals surface area contributed by atoms with Crippen molar-refractivity contribution in [2.45, 2.75) is 26.4 Å². The largest absolute Gasteiger partial charge is 0.459 e. The average molecular weight is 254 g/mol. The van der Waals surface area contributed by atoms with Gasteiger partial charge in [-0.3, -0.25) is 0 Å². The Labute approximate surface area is 114 Å². The van der Waals surface area contributed by atoms with Crippen LogP contribution < -0.4 is 0 Å². The van der Waals surface area contributed by atoms with Crippen LogP contribution in [0.1, 0.15) is 28.4 Å². The minimum absolute atomic E-state index is 0.129. The van der Waals surface area contributed by atoms with E-state index in [0.717, 1.165) is 12.0 Å². The summed E-state index contributed by atoms with van der Waals surface area (Å²) in [4.78, 5) is 11.9. The second-order valence-corrected chi connectivity index (χ2v) is 4.77. The van der Waals surface area contributed by atoms with Crippen molar-refractivity contribution in [3.63, 3.8) is 0 Å². The minimum Gasteiger partial charge on any atom is -0.459 e. The molecule has 2 heteroatoms. The molecule has 0 aliphatic rings. The number of carbonyl (C=O) groups excluding carboxylic acids is 1. The van der Waals surface area contributed by atoms with Gasteiger partial charge < -0.3 is 4.74 Å². The van der Waals surface area contributed by atoms with E-state index in [4.69, 9.17) is 4.74 Å². The van der Waals surface area contributed by atoms with Crippen LogP contribution in [0.15, 0.2) is 54.6 Å². The lowest BCUT2D eigenvalue weighted by Crippen LogP contribution is -2.17. The van der Waals surface area contributed by atoms with E-state index in [1.165, 1.54) is 5.56 Å². The van der Waals surface area contributed by atoms with Crippen LogP contribution in [0, 0.1) is 6.92 Å². The van der Waals surface area contributed by atoms with Crippen LogP contribution in [0.25, 0.3) is 0 Å². The van der Waals surface area contributed by atoms with Gasteiger partial charge in [0.05, 0.1) is 5.56 Å². The molecule has 0 N–H and O–H groups in total. The molecule has 0 spiro atoms. The maximum Gasteiger partial charge on any atom is 0.338 e. The second kappa shape index (κ2) is 6.19.